The van der Waals surface area contributed by atoms with Gasteiger partial charge in [0.15, 0.2) is 0 Å². The summed E-state index contributed by atoms with van der Waals surface area (Å²) in [5, 5.41) is 0. The molecule has 2 rings (SSSR count). The third kappa shape index (κ3) is 3.20. The molecule has 0 fully saturated rings. The number of benzene rings is 1. The van der Waals surface area contributed by atoms with Gasteiger partial charge in [-0.1, -0.05) is 22.0 Å². The first-order valence-electron chi connectivity index (χ1n) is 6.02. The summed E-state index contributed by atoms with van der Waals surface area (Å²) in [6.07, 6.45) is 3.48. The normalized spacial score (nSPS) is 11.9. The number of carbonyl (C=O) groups is 1. The Hall–Kier alpha value is -1.68. The van der Waals surface area contributed by atoms with Gasteiger partial charge in [0, 0.05) is 29.5 Å². The van der Waals surface area contributed by atoms with Gasteiger partial charge < -0.3 is 4.90 Å². The third-order valence-corrected chi connectivity index (χ3v) is 3.65. The van der Waals surface area contributed by atoms with Crippen LogP contribution in [0.15, 0.2) is 53.3 Å². The van der Waals surface area contributed by atoms with Gasteiger partial charge in [-0.15, -0.1) is 0 Å². The molecule has 1 heterocycles. The van der Waals surface area contributed by atoms with E-state index in [1.165, 1.54) is 0 Å². The fourth-order valence-electron chi connectivity index (χ4n) is 1.87. The summed E-state index contributed by atoms with van der Waals surface area (Å²) in [4.78, 5) is 18.1. The molecule has 0 bridgehead atoms. The topological polar surface area (TPSA) is 33.2 Å². The minimum Gasteiger partial charge on any atom is -0.335 e. The van der Waals surface area contributed by atoms with Crippen LogP contribution >= 0.6 is 15.9 Å². The van der Waals surface area contributed by atoms with Crippen molar-refractivity contribution in [3.8, 4) is 0 Å². The first kappa shape index (κ1) is 13.7. The summed E-state index contributed by atoms with van der Waals surface area (Å²) in [7, 11) is 1.81. The number of rotatable bonds is 3. The second-order valence-corrected chi connectivity index (χ2v) is 5.30. The van der Waals surface area contributed by atoms with E-state index in [1.54, 1.807) is 17.3 Å². The van der Waals surface area contributed by atoms with Crippen LogP contribution in [0.25, 0.3) is 0 Å². The highest BCUT2D eigenvalue weighted by atomic mass is 79.9. The predicted molar refractivity (Wildman–Crippen MR) is 78.9 cm³/mol. The zero-order valence-corrected chi connectivity index (χ0v) is 12.5. The molecule has 98 valence electrons. The van der Waals surface area contributed by atoms with Crippen LogP contribution in [0.5, 0.6) is 0 Å². The lowest BCUT2D eigenvalue weighted by Gasteiger charge is -2.25. The molecule has 3 nitrogen and oxygen atoms in total. The molecule has 1 amide bonds. The fourth-order valence-corrected chi connectivity index (χ4v) is 2.27. The van der Waals surface area contributed by atoms with Gasteiger partial charge in [0.1, 0.15) is 0 Å². The molecule has 0 spiro atoms. The molecule has 0 saturated heterocycles. The van der Waals surface area contributed by atoms with Crippen molar-refractivity contribution in [3.05, 3.63) is 64.4 Å². The third-order valence-electron chi connectivity index (χ3n) is 3.16. The zero-order chi connectivity index (χ0) is 13.8. The van der Waals surface area contributed by atoms with Gasteiger partial charge in [-0.3, -0.25) is 9.78 Å². The molecule has 0 saturated carbocycles. The maximum Gasteiger partial charge on any atom is 0.254 e. The molecule has 0 aliphatic heterocycles. The average molecular weight is 319 g/mol. The number of carbonyl (C=O) groups excluding carboxylic acids is 1. The molecule has 1 aromatic heterocycles. The van der Waals surface area contributed by atoms with Crippen LogP contribution in [0.3, 0.4) is 0 Å². The Labute approximate surface area is 121 Å². The van der Waals surface area contributed by atoms with Gasteiger partial charge >= 0.3 is 0 Å². The van der Waals surface area contributed by atoms with Crippen LogP contribution < -0.4 is 0 Å². The number of pyridine rings is 1. The van der Waals surface area contributed by atoms with Crippen LogP contribution in [0.2, 0.25) is 0 Å². The van der Waals surface area contributed by atoms with Crippen molar-refractivity contribution in [2.24, 2.45) is 0 Å². The standard InChI is InChI=1S/C15H15BrN2O/c1-11(12-6-8-17-9-7-12)18(2)15(19)13-4-3-5-14(16)10-13/h3-11H,1-2H3. The molecular weight excluding hydrogens is 304 g/mol. The first-order chi connectivity index (χ1) is 9.09. The number of hydrogen-bond acceptors (Lipinski definition) is 2. The van der Waals surface area contributed by atoms with Crippen LogP contribution in [0.4, 0.5) is 0 Å². The lowest BCUT2D eigenvalue weighted by Crippen LogP contribution is -2.29. The van der Waals surface area contributed by atoms with E-state index in [0.717, 1.165) is 10.0 Å². The molecule has 1 aromatic carbocycles. The number of halogens is 1. The maximum atomic E-state index is 12.4. The Morgan fingerprint density at radius 2 is 1.95 bits per heavy atom. The van der Waals surface area contributed by atoms with Crippen LogP contribution in [0, 0.1) is 0 Å². The molecule has 0 aliphatic rings. The van der Waals surface area contributed by atoms with E-state index in [0.29, 0.717) is 5.56 Å². The van der Waals surface area contributed by atoms with Crippen molar-refractivity contribution < 1.29 is 4.79 Å². The molecular formula is C15H15BrN2O. The predicted octanol–water partition coefficient (Wildman–Crippen LogP) is 3.68. The molecule has 0 aliphatic carbocycles. The Morgan fingerprint density at radius 3 is 2.58 bits per heavy atom. The van der Waals surface area contributed by atoms with Crippen molar-refractivity contribution in [1.82, 2.24) is 9.88 Å². The lowest BCUT2D eigenvalue weighted by atomic mass is 10.1. The molecule has 2 aromatic rings. The number of hydrogen-bond donors (Lipinski definition) is 0. The molecule has 19 heavy (non-hydrogen) atoms. The number of aromatic nitrogens is 1. The van der Waals surface area contributed by atoms with Crippen molar-refractivity contribution in [3.63, 3.8) is 0 Å². The van der Waals surface area contributed by atoms with Crippen molar-refractivity contribution >= 4 is 21.8 Å². The maximum absolute atomic E-state index is 12.4. The summed E-state index contributed by atoms with van der Waals surface area (Å²) in [5.74, 6) is 0.00520. The fraction of sp³-hybridized carbons (Fsp3) is 0.200. The Balaban J connectivity index is 2.20. The van der Waals surface area contributed by atoms with Crippen molar-refractivity contribution in [1.29, 1.82) is 0 Å². The average Bonchev–Trinajstić information content (AvgIpc) is 2.46. The first-order valence-corrected chi connectivity index (χ1v) is 6.81. The lowest BCUT2D eigenvalue weighted by molar-refractivity contribution is 0.0742. The number of amides is 1. The quantitative estimate of drug-likeness (QED) is 0.865. The minimum atomic E-state index is 0.00520. The Bertz CT molecular complexity index is 571. The smallest absolute Gasteiger partial charge is 0.254 e. The van der Waals surface area contributed by atoms with Gasteiger partial charge in [0.05, 0.1) is 6.04 Å². The highest BCUT2D eigenvalue weighted by Crippen LogP contribution is 2.21. The van der Waals surface area contributed by atoms with Crippen LogP contribution in [-0.4, -0.2) is 22.8 Å². The summed E-state index contributed by atoms with van der Waals surface area (Å²) in [5.41, 5.74) is 1.75. The Morgan fingerprint density at radius 1 is 1.26 bits per heavy atom. The zero-order valence-electron chi connectivity index (χ0n) is 10.9. The van der Waals surface area contributed by atoms with Gasteiger partial charge in [-0.05, 0) is 42.8 Å². The van der Waals surface area contributed by atoms with Gasteiger partial charge in [-0.2, -0.15) is 0 Å². The summed E-state index contributed by atoms with van der Waals surface area (Å²) in [6, 6.07) is 11.3. The molecule has 0 radical (unpaired) electrons. The minimum absolute atomic E-state index is 0.00520. The van der Waals surface area contributed by atoms with Crippen molar-refractivity contribution in [2.75, 3.05) is 7.05 Å². The van der Waals surface area contributed by atoms with Crippen molar-refractivity contribution in [2.45, 2.75) is 13.0 Å². The molecule has 0 N–H and O–H groups in total. The second-order valence-electron chi connectivity index (χ2n) is 4.38. The van der Waals surface area contributed by atoms with E-state index in [9.17, 15) is 4.79 Å². The largest absolute Gasteiger partial charge is 0.335 e. The molecule has 4 heteroatoms. The highest BCUT2D eigenvalue weighted by Gasteiger charge is 2.18. The van der Waals surface area contributed by atoms with Gasteiger partial charge in [0.25, 0.3) is 5.91 Å². The van der Waals surface area contributed by atoms with Gasteiger partial charge in [0.2, 0.25) is 0 Å². The monoisotopic (exact) mass is 318 g/mol. The van der Waals surface area contributed by atoms with E-state index in [1.807, 2.05) is 50.4 Å². The SMILES string of the molecule is CC(c1ccncc1)N(C)C(=O)c1cccc(Br)c1. The van der Waals surface area contributed by atoms with E-state index in [2.05, 4.69) is 20.9 Å². The summed E-state index contributed by atoms with van der Waals surface area (Å²) >= 11 is 3.38. The van der Waals surface area contributed by atoms with Crippen LogP contribution in [0.1, 0.15) is 28.9 Å². The second kappa shape index (κ2) is 5.97. The van der Waals surface area contributed by atoms with E-state index < -0.39 is 0 Å². The van der Waals surface area contributed by atoms with E-state index in [4.69, 9.17) is 0 Å². The molecule has 1 atom stereocenters. The molecule has 1 unspecified atom stereocenters. The summed E-state index contributed by atoms with van der Waals surface area (Å²) in [6.45, 7) is 2.01. The highest BCUT2D eigenvalue weighted by molar-refractivity contribution is 9.10. The van der Waals surface area contributed by atoms with E-state index in [-0.39, 0.29) is 11.9 Å². The van der Waals surface area contributed by atoms with Crippen LogP contribution in [-0.2, 0) is 0 Å². The van der Waals surface area contributed by atoms with E-state index >= 15 is 0 Å². The number of nitrogens with zero attached hydrogens (tertiary/aromatic N) is 2. The Kier molecular flexibility index (Phi) is 4.32. The summed E-state index contributed by atoms with van der Waals surface area (Å²) < 4.78 is 0.906. The van der Waals surface area contributed by atoms with Gasteiger partial charge in [-0.25, -0.2) is 0 Å².